The summed E-state index contributed by atoms with van der Waals surface area (Å²) in [7, 11) is 0. The Balaban J connectivity index is 1.37. The largest absolute Gasteiger partial charge is 0.322 e. The highest BCUT2D eigenvalue weighted by Crippen LogP contribution is 2.29. The third kappa shape index (κ3) is 5.37. The fourth-order valence-electron chi connectivity index (χ4n) is 3.50. The van der Waals surface area contributed by atoms with Gasteiger partial charge in [-0.05, 0) is 78.2 Å². The Morgan fingerprint density at radius 2 is 1.69 bits per heavy atom. The maximum atomic E-state index is 12.8. The summed E-state index contributed by atoms with van der Waals surface area (Å²) in [6, 6.07) is 21.0. The lowest BCUT2D eigenvalue weighted by Gasteiger charge is -2.11. The highest BCUT2D eigenvalue weighted by Gasteiger charge is 2.11. The Labute approximate surface area is 192 Å². The lowest BCUT2D eigenvalue weighted by Crippen LogP contribution is -2.13. The number of carbonyl (C=O) groups excluding carboxylic acids is 2. The lowest BCUT2D eigenvalue weighted by atomic mass is 10.0. The molecule has 0 saturated carbocycles. The van der Waals surface area contributed by atoms with Crippen LogP contribution in [0.25, 0.3) is 10.4 Å². The first-order chi connectivity index (χ1) is 15.6. The Kier molecular flexibility index (Phi) is 6.87. The van der Waals surface area contributed by atoms with Crippen LogP contribution < -0.4 is 5.32 Å². The molecule has 0 atom stereocenters. The van der Waals surface area contributed by atoms with Crippen LogP contribution >= 0.6 is 11.3 Å². The minimum Gasteiger partial charge on any atom is -0.322 e. The number of aromatic nitrogens is 1. The molecule has 1 N–H and O–H groups in total. The topological polar surface area (TPSA) is 59.1 Å². The molecule has 2 aromatic carbocycles. The van der Waals surface area contributed by atoms with Crippen LogP contribution in [0.2, 0.25) is 0 Å². The summed E-state index contributed by atoms with van der Waals surface area (Å²) in [5.74, 6) is -0.0985. The van der Waals surface area contributed by atoms with Crippen molar-refractivity contribution in [2.75, 3.05) is 5.32 Å². The van der Waals surface area contributed by atoms with E-state index in [-0.39, 0.29) is 11.7 Å². The predicted octanol–water partition coefficient (Wildman–Crippen LogP) is 6.58. The first-order valence-electron chi connectivity index (χ1n) is 10.6. The second-order valence-corrected chi connectivity index (χ2v) is 8.62. The van der Waals surface area contributed by atoms with Crippen molar-refractivity contribution >= 4 is 28.7 Å². The fraction of sp³-hybridized carbons (Fsp3) is 0.148. The third-order valence-electron chi connectivity index (χ3n) is 5.38. The molecule has 160 valence electrons. The van der Waals surface area contributed by atoms with Crippen LogP contribution in [0.1, 0.15) is 44.7 Å². The van der Waals surface area contributed by atoms with E-state index in [4.69, 9.17) is 0 Å². The molecule has 32 heavy (non-hydrogen) atoms. The van der Waals surface area contributed by atoms with Gasteiger partial charge in [0.25, 0.3) is 5.91 Å². The van der Waals surface area contributed by atoms with Crippen LogP contribution in [-0.4, -0.2) is 16.7 Å². The van der Waals surface area contributed by atoms with E-state index in [9.17, 15) is 9.59 Å². The minimum atomic E-state index is -0.187. The van der Waals surface area contributed by atoms with Gasteiger partial charge in [-0.1, -0.05) is 30.3 Å². The molecule has 5 heteroatoms. The summed E-state index contributed by atoms with van der Waals surface area (Å²) in [5.41, 5.74) is 5.20. The van der Waals surface area contributed by atoms with Gasteiger partial charge in [-0.3, -0.25) is 14.6 Å². The first kappa shape index (κ1) is 21.7. The molecule has 0 aliphatic rings. The highest BCUT2D eigenvalue weighted by molar-refractivity contribution is 7.13. The molecule has 0 spiro atoms. The number of Topliss-reactive ketones (excluding diaryl/α,β-unsaturated/α-hetero) is 1. The van der Waals surface area contributed by atoms with Crippen molar-refractivity contribution in [1.29, 1.82) is 0 Å². The predicted molar refractivity (Wildman–Crippen MR) is 130 cm³/mol. The molecule has 4 aromatic rings. The van der Waals surface area contributed by atoms with Crippen LogP contribution in [0.15, 0.2) is 84.5 Å². The van der Waals surface area contributed by atoms with Gasteiger partial charge in [-0.25, -0.2) is 0 Å². The van der Waals surface area contributed by atoms with E-state index >= 15 is 0 Å². The van der Waals surface area contributed by atoms with Gasteiger partial charge in [-0.2, -0.15) is 0 Å². The molecule has 0 bridgehead atoms. The van der Waals surface area contributed by atoms with Gasteiger partial charge < -0.3 is 5.32 Å². The summed E-state index contributed by atoms with van der Waals surface area (Å²) < 4.78 is 0. The number of nitrogens with zero attached hydrogens (tertiary/aromatic N) is 1. The molecule has 0 fully saturated rings. The average molecular weight is 441 g/mol. The standard InChI is InChI=1S/C27H24N2O2S/c1-19-7-8-23(26-6-3-17-32-26)18-24(19)29-27(31)22-11-9-21(10-12-22)25(30)5-2-4-20-13-15-28-16-14-20/h3,6-18H,2,4-5H2,1H3,(H,29,31). The quantitative estimate of drug-likeness (QED) is 0.315. The van der Waals surface area contributed by atoms with Gasteiger partial charge in [0.1, 0.15) is 0 Å². The number of pyridine rings is 1. The second kappa shape index (κ2) is 10.2. The SMILES string of the molecule is Cc1ccc(-c2cccs2)cc1NC(=O)c1ccc(C(=O)CCCc2ccncc2)cc1. The Bertz CT molecular complexity index is 1200. The van der Waals surface area contributed by atoms with Gasteiger partial charge in [-0.15, -0.1) is 11.3 Å². The molecular formula is C27H24N2O2S. The Hall–Kier alpha value is -3.57. The van der Waals surface area contributed by atoms with Crippen molar-refractivity contribution in [3.05, 3.63) is 107 Å². The van der Waals surface area contributed by atoms with E-state index in [1.807, 2.05) is 42.6 Å². The zero-order valence-corrected chi connectivity index (χ0v) is 18.7. The number of ketones is 1. The zero-order chi connectivity index (χ0) is 22.3. The molecule has 4 nitrogen and oxygen atoms in total. The number of benzene rings is 2. The Morgan fingerprint density at radius 3 is 2.41 bits per heavy atom. The zero-order valence-electron chi connectivity index (χ0n) is 17.9. The molecule has 0 saturated heterocycles. The molecule has 0 aliphatic heterocycles. The van der Waals surface area contributed by atoms with Gasteiger partial charge >= 0.3 is 0 Å². The highest BCUT2D eigenvalue weighted by atomic mass is 32.1. The summed E-state index contributed by atoms with van der Waals surface area (Å²) in [5, 5.41) is 5.04. The molecule has 2 aromatic heterocycles. The van der Waals surface area contributed by atoms with Crippen LogP contribution in [0.3, 0.4) is 0 Å². The summed E-state index contributed by atoms with van der Waals surface area (Å²) >= 11 is 1.67. The minimum absolute atomic E-state index is 0.0884. The fourth-order valence-corrected chi connectivity index (χ4v) is 4.23. The van der Waals surface area contributed by atoms with E-state index in [1.165, 1.54) is 5.56 Å². The summed E-state index contributed by atoms with van der Waals surface area (Å²) in [6.07, 6.45) is 5.63. The maximum absolute atomic E-state index is 12.8. The van der Waals surface area contributed by atoms with Crippen LogP contribution in [0.5, 0.6) is 0 Å². The van der Waals surface area contributed by atoms with Crippen molar-refractivity contribution < 1.29 is 9.59 Å². The van der Waals surface area contributed by atoms with Crippen LogP contribution in [-0.2, 0) is 6.42 Å². The van der Waals surface area contributed by atoms with Gasteiger partial charge in [0.05, 0.1) is 0 Å². The molecule has 4 rings (SSSR count). The number of aryl methyl sites for hydroxylation is 2. The number of carbonyl (C=O) groups is 2. The summed E-state index contributed by atoms with van der Waals surface area (Å²) in [4.78, 5) is 30.4. The average Bonchev–Trinajstić information content (AvgIpc) is 3.36. The number of anilines is 1. The lowest BCUT2D eigenvalue weighted by molar-refractivity contribution is 0.0977. The van der Waals surface area contributed by atoms with E-state index in [1.54, 1.807) is 48.0 Å². The van der Waals surface area contributed by atoms with E-state index in [0.717, 1.165) is 34.5 Å². The van der Waals surface area contributed by atoms with Gasteiger partial charge in [0, 0.05) is 40.5 Å². The van der Waals surface area contributed by atoms with Crippen molar-refractivity contribution in [2.24, 2.45) is 0 Å². The normalized spacial score (nSPS) is 10.7. The van der Waals surface area contributed by atoms with Gasteiger partial charge in [0.15, 0.2) is 5.78 Å². The second-order valence-electron chi connectivity index (χ2n) is 7.67. The molecular weight excluding hydrogens is 416 g/mol. The molecule has 0 radical (unpaired) electrons. The number of hydrogen-bond acceptors (Lipinski definition) is 4. The molecule has 0 unspecified atom stereocenters. The number of nitrogens with one attached hydrogen (secondary N) is 1. The number of thiophene rings is 1. The van der Waals surface area contributed by atoms with Crippen LogP contribution in [0, 0.1) is 6.92 Å². The molecule has 2 heterocycles. The monoisotopic (exact) mass is 440 g/mol. The Morgan fingerprint density at radius 1 is 0.938 bits per heavy atom. The summed E-state index contributed by atoms with van der Waals surface area (Å²) in [6.45, 7) is 1.97. The molecule has 1 amide bonds. The number of amides is 1. The van der Waals surface area contributed by atoms with Crippen LogP contribution in [0.4, 0.5) is 5.69 Å². The smallest absolute Gasteiger partial charge is 0.255 e. The number of rotatable bonds is 8. The number of hydrogen-bond donors (Lipinski definition) is 1. The van der Waals surface area contributed by atoms with Crippen molar-refractivity contribution in [2.45, 2.75) is 26.2 Å². The van der Waals surface area contributed by atoms with Gasteiger partial charge in [0.2, 0.25) is 0 Å². The first-order valence-corrected chi connectivity index (χ1v) is 11.5. The van der Waals surface area contributed by atoms with Crippen molar-refractivity contribution in [3.63, 3.8) is 0 Å². The van der Waals surface area contributed by atoms with E-state index in [0.29, 0.717) is 17.5 Å². The van der Waals surface area contributed by atoms with E-state index in [2.05, 4.69) is 22.4 Å². The van der Waals surface area contributed by atoms with E-state index < -0.39 is 0 Å². The maximum Gasteiger partial charge on any atom is 0.255 e. The molecule has 0 aliphatic carbocycles. The third-order valence-corrected chi connectivity index (χ3v) is 6.30. The van der Waals surface area contributed by atoms with Crippen molar-refractivity contribution in [3.8, 4) is 10.4 Å². The van der Waals surface area contributed by atoms with Crippen molar-refractivity contribution in [1.82, 2.24) is 4.98 Å².